The van der Waals surface area contributed by atoms with Crippen molar-refractivity contribution in [3.8, 4) is 0 Å². The summed E-state index contributed by atoms with van der Waals surface area (Å²) in [4.78, 5) is 13.6. The third-order valence-corrected chi connectivity index (χ3v) is 2.96. The van der Waals surface area contributed by atoms with Crippen LogP contribution in [0.2, 0.25) is 0 Å². The molecule has 0 spiro atoms. The molecule has 0 radical (unpaired) electrons. The Balaban J connectivity index is 2.93. The van der Waals surface area contributed by atoms with E-state index in [4.69, 9.17) is 5.11 Å². The van der Waals surface area contributed by atoms with Crippen LogP contribution in [-0.4, -0.2) is 42.7 Å². The van der Waals surface area contributed by atoms with Gasteiger partial charge in [-0.2, -0.15) is 0 Å². The molecule has 1 aromatic rings. The molecule has 1 aromatic carbocycles. The van der Waals surface area contributed by atoms with Crippen LogP contribution >= 0.6 is 0 Å². The summed E-state index contributed by atoms with van der Waals surface area (Å²) in [6.07, 6.45) is 0.408. The van der Waals surface area contributed by atoms with Crippen LogP contribution in [0.25, 0.3) is 0 Å². The molecule has 0 saturated heterocycles. The van der Waals surface area contributed by atoms with Gasteiger partial charge in [-0.05, 0) is 31.4 Å². The maximum Gasteiger partial charge on any atom is 0.244 e. The van der Waals surface area contributed by atoms with Crippen LogP contribution in [0.5, 0.6) is 0 Å². The Labute approximate surface area is 109 Å². The summed E-state index contributed by atoms with van der Waals surface area (Å²) in [5, 5.41) is 12.3. The zero-order valence-corrected chi connectivity index (χ0v) is 11.5. The van der Waals surface area contributed by atoms with Gasteiger partial charge in [-0.3, -0.25) is 4.79 Å². The monoisotopic (exact) mass is 250 g/mol. The molecular weight excluding hydrogens is 228 g/mol. The van der Waals surface area contributed by atoms with E-state index < -0.39 is 0 Å². The fourth-order valence-corrected chi connectivity index (χ4v) is 1.91. The van der Waals surface area contributed by atoms with E-state index >= 15 is 0 Å². The summed E-state index contributed by atoms with van der Waals surface area (Å²) < 4.78 is 0. The Kier molecular flexibility index (Phi) is 5.16. The predicted molar refractivity (Wildman–Crippen MR) is 73.7 cm³/mol. The Morgan fingerprint density at radius 3 is 2.33 bits per heavy atom. The number of hydrogen-bond acceptors (Lipinski definition) is 3. The maximum atomic E-state index is 12.0. The molecule has 1 unspecified atom stereocenters. The summed E-state index contributed by atoms with van der Waals surface area (Å²) in [5.74, 6) is -0.0216. The van der Waals surface area contributed by atoms with Crippen LogP contribution in [0, 0.1) is 13.8 Å². The molecule has 0 heterocycles. The van der Waals surface area contributed by atoms with Crippen LogP contribution < -0.4 is 5.32 Å². The molecule has 18 heavy (non-hydrogen) atoms. The summed E-state index contributed by atoms with van der Waals surface area (Å²) in [7, 11) is 3.44. The predicted octanol–water partition coefficient (Wildman–Crippen LogP) is 1.55. The van der Waals surface area contributed by atoms with Crippen LogP contribution in [0.3, 0.4) is 0 Å². The number of nitrogens with one attached hydrogen (secondary N) is 1. The highest BCUT2D eigenvalue weighted by atomic mass is 16.3. The van der Waals surface area contributed by atoms with E-state index in [1.165, 1.54) is 0 Å². The van der Waals surface area contributed by atoms with E-state index in [1.54, 1.807) is 19.0 Å². The minimum absolute atomic E-state index is 0.0117. The highest BCUT2D eigenvalue weighted by Gasteiger charge is 2.20. The molecule has 0 fully saturated rings. The molecule has 1 rings (SSSR count). The summed E-state index contributed by atoms with van der Waals surface area (Å²) in [6, 6.07) is 5.62. The lowest BCUT2D eigenvalue weighted by Crippen LogP contribution is -2.39. The number of anilines is 1. The van der Waals surface area contributed by atoms with Gasteiger partial charge in [0.05, 0.1) is 0 Å². The lowest BCUT2D eigenvalue weighted by molar-refractivity contribution is -0.129. The number of benzene rings is 1. The molecule has 0 saturated carbocycles. The van der Waals surface area contributed by atoms with Crippen molar-refractivity contribution in [1.29, 1.82) is 0 Å². The minimum Gasteiger partial charge on any atom is -0.396 e. The molecule has 4 heteroatoms. The average molecular weight is 250 g/mol. The Morgan fingerprint density at radius 1 is 1.33 bits per heavy atom. The molecule has 100 valence electrons. The molecular formula is C14H22N2O2. The van der Waals surface area contributed by atoms with Gasteiger partial charge in [0.15, 0.2) is 0 Å². The number of nitrogens with zero attached hydrogens (tertiary/aromatic N) is 1. The minimum atomic E-state index is -0.384. The number of aliphatic hydroxyl groups excluding tert-OH is 1. The number of carbonyl (C=O) groups is 1. The first kappa shape index (κ1) is 14.5. The summed E-state index contributed by atoms with van der Waals surface area (Å²) in [5.41, 5.74) is 3.18. The molecule has 0 aliphatic rings. The van der Waals surface area contributed by atoms with E-state index in [1.807, 2.05) is 32.0 Å². The van der Waals surface area contributed by atoms with Gasteiger partial charge in [0, 0.05) is 26.4 Å². The molecule has 0 bridgehead atoms. The van der Waals surface area contributed by atoms with Gasteiger partial charge in [0.2, 0.25) is 5.91 Å². The van der Waals surface area contributed by atoms with Gasteiger partial charge in [0.25, 0.3) is 0 Å². The van der Waals surface area contributed by atoms with Crippen LogP contribution in [0.4, 0.5) is 5.69 Å². The first-order valence-electron chi connectivity index (χ1n) is 6.12. The van der Waals surface area contributed by atoms with Gasteiger partial charge in [-0.15, -0.1) is 0 Å². The zero-order valence-electron chi connectivity index (χ0n) is 11.5. The second-order valence-corrected chi connectivity index (χ2v) is 4.71. The molecule has 0 aliphatic heterocycles. The summed E-state index contributed by atoms with van der Waals surface area (Å²) >= 11 is 0. The number of amides is 1. The van der Waals surface area contributed by atoms with E-state index in [9.17, 15) is 4.79 Å². The van der Waals surface area contributed by atoms with Crippen LogP contribution in [0.1, 0.15) is 17.5 Å². The fourth-order valence-electron chi connectivity index (χ4n) is 1.91. The smallest absolute Gasteiger partial charge is 0.244 e. The number of rotatable bonds is 5. The van der Waals surface area contributed by atoms with Crippen molar-refractivity contribution < 1.29 is 9.90 Å². The zero-order chi connectivity index (χ0) is 13.7. The van der Waals surface area contributed by atoms with E-state index in [2.05, 4.69) is 5.32 Å². The van der Waals surface area contributed by atoms with Crippen molar-refractivity contribution in [3.05, 3.63) is 29.3 Å². The van der Waals surface area contributed by atoms with Gasteiger partial charge in [-0.25, -0.2) is 0 Å². The normalized spacial score (nSPS) is 12.1. The van der Waals surface area contributed by atoms with Gasteiger partial charge < -0.3 is 15.3 Å². The van der Waals surface area contributed by atoms with Crippen LogP contribution in [0.15, 0.2) is 18.2 Å². The van der Waals surface area contributed by atoms with E-state index in [-0.39, 0.29) is 18.6 Å². The van der Waals surface area contributed by atoms with Gasteiger partial charge in [-0.1, -0.05) is 18.2 Å². The molecule has 0 aliphatic carbocycles. The number of carbonyl (C=O) groups excluding carboxylic acids is 1. The number of para-hydroxylation sites is 1. The van der Waals surface area contributed by atoms with Crippen molar-refractivity contribution >= 4 is 11.6 Å². The Bertz CT molecular complexity index is 396. The molecule has 4 nitrogen and oxygen atoms in total. The maximum absolute atomic E-state index is 12.0. The van der Waals surface area contributed by atoms with E-state index in [0.29, 0.717) is 6.42 Å². The first-order chi connectivity index (χ1) is 8.47. The highest BCUT2D eigenvalue weighted by Crippen LogP contribution is 2.21. The number of likely N-dealkylation sites (N-methyl/N-ethyl adjacent to an activating group) is 1. The first-order valence-corrected chi connectivity index (χ1v) is 6.12. The fraction of sp³-hybridized carbons (Fsp3) is 0.500. The summed E-state index contributed by atoms with van der Waals surface area (Å²) in [6.45, 7) is 4.00. The van der Waals surface area contributed by atoms with Gasteiger partial charge in [0.1, 0.15) is 6.04 Å². The second kappa shape index (κ2) is 6.40. The molecule has 0 aromatic heterocycles. The SMILES string of the molecule is Cc1cccc(C)c1NC(CCO)C(=O)N(C)C. The average Bonchev–Trinajstić information content (AvgIpc) is 2.31. The van der Waals surface area contributed by atoms with Crippen molar-refractivity contribution in [3.63, 3.8) is 0 Å². The third-order valence-electron chi connectivity index (χ3n) is 2.96. The van der Waals surface area contributed by atoms with Crippen molar-refractivity contribution in [1.82, 2.24) is 4.90 Å². The molecule has 1 amide bonds. The quantitative estimate of drug-likeness (QED) is 0.833. The van der Waals surface area contributed by atoms with Crippen molar-refractivity contribution in [2.24, 2.45) is 0 Å². The lowest BCUT2D eigenvalue weighted by Gasteiger charge is -2.24. The number of aryl methyl sites for hydroxylation is 2. The Hall–Kier alpha value is -1.55. The lowest BCUT2D eigenvalue weighted by atomic mass is 10.1. The number of hydrogen-bond donors (Lipinski definition) is 2. The van der Waals surface area contributed by atoms with Crippen molar-refractivity contribution in [2.75, 3.05) is 26.0 Å². The molecule has 2 N–H and O–H groups in total. The standard InChI is InChI=1S/C14H22N2O2/c1-10-6-5-7-11(2)13(10)15-12(8-9-17)14(18)16(3)4/h5-7,12,15,17H,8-9H2,1-4H3. The molecule has 1 atom stereocenters. The largest absolute Gasteiger partial charge is 0.396 e. The second-order valence-electron chi connectivity index (χ2n) is 4.71. The van der Waals surface area contributed by atoms with Crippen LogP contribution in [-0.2, 0) is 4.79 Å². The third kappa shape index (κ3) is 3.47. The van der Waals surface area contributed by atoms with Gasteiger partial charge >= 0.3 is 0 Å². The number of aliphatic hydroxyl groups is 1. The van der Waals surface area contributed by atoms with Crippen molar-refractivity contribution in [2.45, 2.75) is 26.3 Å². The van der Waals surface area contributed by atoms with E-state index in [0.717, 1.165) is 16.8 Å². The Morgan fingerprint density at radius 2 is 1.89 bits per heavy atom. The topological polar surface area (TPSA) is 52.6 Å². The highest BCUT2D eigenvalue weighted by molar-refractivity contribution is 5.84.